The van der Waals surface area contributed by atoms with Gasteiger partial charge < -0.3 is 10.5 Å². The maximum Gasteiger partial charge on any atom is 0.341 e. The van der Waals surface area contributed by atoms with Crippen LogP contribution in [0.5, 0.6) is 0 Å². The molecule has 19 heavy (non-hydrogen) atoms. The number of nitrogens with two attached hydrogens (primary N) is 1. The number of benzene rings is 1. The van der Waals surface area contributed by atoms with Crippen molar-refractivity contribution in [3.8, 4) is 0 Å². The van der Waals surface area contributed by atoms with Crippen LogP contribution in [0.3, 0.4) is 0 Å². The van der Waals surface area contributed by atoms with Gasteiger partial charge in [0.2, 0.25) is 0 Å². The lowest BCUT2D eigenvalue weighted by molar-refractivity contribution is 0.0527. The monoisotopic (exact) mass is 326 g/mol. The molecule has 6 heteroatoms. The minimum atomic E-state index is -0.605. The summed E-state index contributed by atoms with van der Waals surface area (Å²) in [5.74, 6) is -1.14. The van der Waals surface area contributed by atoms with Crippen molar-refractivity contribution < 1.29 is 13.9 Å². The normalized spacial score (nSPS) is 10.7. The molecule has 0 saturated carbocycles. The first-order valence-electron chi connectivity index (χ1n) is 5.67. The van der Waals surface area contributed by atoms with Gasteiger partial charge in [0.25, 0.3) is 0 Å². The molecule has 1 heterocycles. The first-order chi connectivity index (χ1) is 8.97. The quantitative estimate of drug-likeness (QED) is 0.860. The van der Waals surface area contributed by atoms with E-state index in [2.05, 4.69) is 20.9 Å². The molecule has 1 aromatic heterocycles. The molecule has 4 nitrogen and oxygen atoms in total. The van der Waals surface area contributed by atoms with Gasteiger partial charge in [0.15, 0.2) is 0 Å². The smallest absolute Gasteiger partial charge is 0.341 e. The lowest BCUT2D eigenvalue weighted by Gasteiger charge is -2.11. The molecule has 0 atom stereocenters. The number of fused-ring (bicyclic) bond motifs is 1. The number of esters is 1. The molecule has 0 bridgehead atoms. The Labute approximate surface area is 117 Å². The third-order valence-electron chi connectivity index (χ3n) is 2.76. The first kappa shape index (κ1) is 13.7. The summed E-state index contributed by atoms with van der Waals surface area (Å²) in [5, 5.41) is 0.137. The lowest BCUT2D eigenvalue weighted by Crippen LogP contribution is -2.10. The molecule has 0 aliphatic rings. The number of pyridine rings is 1. The van der Waals surface area contributed by atoms with Crippen molar-refractivity contribution in [2.24, 2.45) is 0 Å². The summed E-state index contributed by atoms with van der Waals surface area (Å²) in [6.45, 7) is 3.70. The topological polar surface area (TPSA) is 65.2 Å². The summed E-state index contributed by atoms with van der Waals surface area (Å²) in [6.07, 6.45) is 1.32. The second kappa shape index (κ2) is 5.13. The van der Waals surface area contributed by atoms with E-state index in [1.165, 1.54) is 6.20 Å². The Morgan fingerprint density at radius 2 is 2.26 bits per heavy atom. The number of ether oxygens (including phenoxy) is 1. The largest absolute Gasteiger partial charge is 0.462 e. The summed E-state index contributed by atoms with van der Waals surface area (Å²) < 4.78 is 19.3. The number of carbonyl (C=O) groups excluding carboxylic acids is 1. The highest BCUT2D eigenvalue weighted by molar-refractivity contribution is 9.10. The van der Waals surface area contributed by atoms with Crippen molar-refractivity contribution in [2.45, 2.75) is 13.8 Å². The number of hydrogen-bond acceptors (Lipinski definition) is 4. The molecule has 100 valence electrons. The maximum atomic E-state index is 14.1. The summed E-state index contributed by atoms with van der Waals surface area (Å²) in [5.41, 5.74) is 7.21. The summed E-state index contributed by atoms with van der Waals surface area (Å²) in [4.78, 5) is 15.8. The fourth-order valence-electron chi connectivity index (χ4n) is 1.86. The average molecular weight is 327 g/mol. The van der Waals surface area contributed by atoms with E-state index in [9.17, 15) is 9.18 Å². The average Bonchev–Trinajstić information content (AvgIpc) is 2.36. The highest BCUT2D eigenvalue weighted by atomic mass is 79.9. The van der Waals surface area contributed by atoms with Gasteiger partial charge in [-0.3, -0.25) is 4.98 Å². The molecule has 0 aliphatic carbocycles. The van der Waals surface area contributed by atoms with E-state index in [1.807, 2.05) is 0 Å². The molecule has 1 aromatic carbocycles. The molecule has 0 spiro atoms. The molecule has 0 aliphatic heterocycles. The second-order valence-corrected chi connectivity index (χ2v) is 4.87. The van der Waals surface area contributed by atoms with Gasteiger partial charge in [0, 0.05) is 6.20 Å². The number of aromatic nitrogens is 1. The van der Waals surface area contributed by atoms with Crippen LogP contribution in [0, 0.1) is 12.7 Å². The second-order valence-electron chi connectivity index (χ2n) is 4.02. The molecule has 2 N–H and O–H groups in total. The van der Waals surface area contributed by atoms with E-state index in [0.717, 1.165) is 5.56 Å². The number of halogens is 2. The molecule has 0 unspecified atom stereocenters. The van der Waals surface area contributed by atoms with Crippen molar-refractivity contribution >= 4 is 38.5 Å². The van der Waals surface area contributed by atoms with Crippen LogP contribution in [0.25, 0.3) is 10.9 Å². The Morgan fingerprint density at radius 1 is 1.58 bits per heavy atom. The third kappa shape index (κ3) is 2.28. The number of hydrogen-bond donors (Lipinski definition) is 1. The van der Waals surface area contributed by atoms with Gasteiger partial charge in [-0.15, -0.1) is 0 Å². The van der Waals surface area contributed by atoms with Crippen LogP contribution in [0.4, 0.5) is 10.1 Å². The zero-order valence-corrected chi connectivity index (χ0v) is 12.0. The molecular weight excluding hydrogens is 315 g/mol. The van der Waals surface area contributed by atoms with Gasteiger partial charge >= 0.3 is 5.97 Å². The van der Waals surface area contributed by atoms with E-state index < -0.39 is 11.8 Å². The van der Waals surface area contributed by atoms with Gasteiger partial charge in [0.1, 0.15) is 11.4 Å². The Bertz CT molecular complexity index is 673. The van der Waals surface area contributed by atoms with Crippen LogP contribution in [-0.4, -0.2) is 17.6 Å². The van der Waals surface area contributed by atoms with Crippen LogP contribution in [0.1, 0.15) is 22.8 Å². The van der Waals surface area contributed by atoms with Crippen LogP contribution >= 0.6 is 15.9 Å². The molecule has 0 amide bonds. The van der Waals surface area contributed by atoms with Gasteiger partial charge in [-0.1, -0.05) is 0 Å². The molecular formula is C13H12BrFN2O2. The number of rotatable bonds is 2. The molecule has 0 fully saturated rings. The number of aryl methyl sites for hydroxylation is 1. The predicted molar refractivity (Wildman–Crippen MR) is 74.5 cm³/mol. The Morgan fingerprint density at radius 3 is 2.89 bits per heavy atom. The van der Waals surface area contributed by atoms with Crippen LogP contribution in [0.2, 0.25) is 0 Å². The minimum absolute atomic E-state index is 0.0466. The lowest BCUT2D eigenvalue weighted by atomic mass is 10.1. The zero-order valence-electron chi connectivity index (χ0n) is 10.5. The van der Waals surface area contributed by atoms with E-state index >= 15 is 0 Å². The Kier molecular flexibility index (Phi) is 3.71. The highest BCUT2D eigenvalue weighted by Crippen LogP contribution is 2.32. The van der Waals surface area contributed by atoms with Crippen molar-refractivity contribution in [2.75, 3.05) is 12.3 Å². The fourth-order valence-corrected chi connectivity index (χ4v) is 2.40. The number of anilines is 1. The highest BCUT2D eigenvalue weighted by Gasteiger charge is 2.19. The summed E-state index contributed by atoms with van der Waals surface area (Å²) in [6, 6.07) is 1.62. The molecule has 0 saturated heterocycles. The van der Waals surface area contributed by atoms with E-state index in [4.69, 9.17) is 10.5 Å². The Hall–Kier alpha value is -1.69. The van der Waals surface area contributed by atoms with Crippen molar-refractivity contribution in [1.82, 2.24) is 4.98 Å². The first-order valence-corrected chi connectivity index (χ1v) is 6.46. The zero-order chi connectivity index (χ0) is 14.2. The van der Waals surface area contributed by atoms with Crippen molar-refractivity contribution in [1.29, 1.82) is 0 Å². The Balaban J connectivity index is 2.77. The summed E-state index contributed by atoms with van der Waals surface area (Å²) >= 11 is 3.12. The minimum Gasteiger partial charge on any atom is -0.462 e. The van der Waals surface area contributed by atoms with Gasteiger partial charge in [-0.2, -0.15) is 0 Å². The van der Waals surface area contributed by atoms with Gasteiger partial charge in [0.05, 0.1) is 27.7 Å². The number of nitrogen functional groups attached to an aromatic ring is 1. The SMILES string of the molecule is CCOC(=O)c1cnc2c(C)cc(Br)c(F)c2c1N. The number of carbonyl (C=O) groups is 1. The molecule has 0 radical (unpaired) electrons. The molecule has 2 aromatic rings. The standard InChI is InChI=1S/C13H12BrFN2O2/c1-3-19-13(18)7-5-17-12-6(2)4-8(14)10(15)9(12)11(7)16/h4-5H,3H2,1-2H3,(H2,16,17). The van der Waals surface area contributed by atoms with E-state index in [0.29, 0.717) is 5.52 Å². The van der Waals surface area contributed by atoms with Gasteiger partial charge in [-0.05, 0) is 41.4 Å². The maximum absolute atomic E-state index is 14.1. The van der Waals surface area contributed by atoms with E-state index in [-0.39, 0.29) is 27.7 Å². The van der Waals surface area contributed by atoms with Crippen LogP contribution < -0.4 is 5.73 Å². The fraction of sp³-hybridized carbons (Fsp3) is 0.231. The molecule has 2 rings (SSSR count). The van der Waals surface area contributed by atoms with E-state index in [1.54, 1.807) is 19.9 Å². The van der Waals surface area contributed by atoms with Crippen LogP contribution in [0.15, 0.2) is 16.7 Å². The van der Waals surface area contributed by atoms with Crippen LogP contribution in [-0.2, 0) is 4.74 Å². The number of nitrogens with zero attached hydrogens (tertiary/aromatic N) is 1. The summed E-state index contributed by atoms with van der Waals surface area (Å²) in [7, 11) is 0. The third-order valence-corrected chi connectivity index (χ3v) is 3.34. The predicted octanol–water partition coefficient (Wildman–Crippen LogP) is 3.20. The van der Waals surface area contributed by atoms with Gasteiger partial charge in [-0.25, -0.2) is 9.18 Å². The van der Waals surface area contributed by atoms with Crippen molar-refractivity contribution in [3.05, 3.63) is 33.7 Å². The van der Waals surface area contributed by atoms with Crippen molar-refractivity contribution in [3.63, 3.8) is 0 Å².